The van der Waals surface area contributed by atoms with Crippen LogP contribution in [0.2, 0.25) is 0 Å². The normalized spacial score (nSPS) is 20.4. The third kappa shape index (κ3) is 5.23. The number of carbonyl (C=O) groups is 1. The fourth-order valence-electron chi connectivity index (χ4n) is 4.91. The Kier molecular flexibility index (Phi) is 6.96. The smallest absolute Gasteiger partial charge is 0.253 e. The summed E-state index contributed by atoms with van der Waals surface area (Å²) in [7, 11) is 0. The first kappa shape index (κ1) is 24.3. The summed E-state index contributed by atoms with van der Waals surface area (Å²) in [6.07, 6.45) is 4.68. The van der Waals surface area contributed by atoms with Crippen molar-refractivity contribution in [2.45, 2.75) is 44.3 Å². The molecule has 1 fully saturated rings. The summed E-state index contributed by atoms with van der Waals surface area (Å²) in [5.74, 6) is -0.613. The van der Waals surface area contributed by atoms with Gasteiger partial charge >= 0.3 is 0 Å². The first-order valence-electron chi connectivity index (χ1n) is 11.9. The highest BCUT2D eigenvalue weighted by molar-refractivity contribution is 7.99. The second-order valence-corrected chi connectivity index (χ2v) is 10.1. The Morgan fingerprint density at radius 3 is 2.33 bits per heavy atom. The molecule has 0 bridgehead atoms. The lowest BCUT2D eigenvalue weighted by atomic mass is 9.77. The van der Waals surface area contributed by atoms with Gasteiger partial charge in [-0.1, -0.05) is 36.0 Å². The van der Waals surface area contributed by atoms with Gasteiger partial charge in [0.2, 0.25) is 0 Å². The van der Waals surface area contributed by atoms with E-state index < -0.39 is 0 Å². The van der Waals surface area contributed by atoms with E-state index >= 15 is 0 Å². The second kappa shape index (κ2) is 10.3. The third-order valence-corrected chi connectivity index (χ3v) is 7.30. The van der Waals surface area contributed by atoms with Crippen molar-refractivity contribution in [3.8, 4) is 0 Å². The number of allylic oxidation sites excluding steroid dienone is 1. The van der Waals surface area contributed by atoms with Crippen molar-refractivity contribution < 1.29 is 13.6 Å². The zero-order chi connectivity index (χ0) is 25.2. The van der Waals surface area contributed by atoms with E-state index in [2.05, 4.69) is 9.97 Å². The number of hydrazone groups is 1. The van der Waals surface area contributed by atoms with Crippen molar-refractivity contribution in [2.24, 2.45) is 11.0 Å². The number of carbonyl (C=O) groups excluding carboxylic acids is 1. The molecule has 0 unspecified atom stereocenters. The molecule has 2 aliphatic rings. The Labute approximate surface area is 213 Å². The maximum atomic E-state index is 13.7. The van der Waals surface area contributed by atoms with E-state index in [1.165, 1.54) is 36.0 Å². The van der Waals surface area contributed by atoms with Gasteiger partial charge in [0, 0.05) is 17.3 Å². The molecule has 5 nitrogen and oxygen atoms in total. The van der Waals surface area contributed by atoms with E-state index in [1.807, 2.05) is 26.0 Å². The lowest BCUT2D eigenvalue weighted by Crippen LogP contribution is -2.32. The highest BCUT2D eigenvalue weighted by Gasteiger charge is 2.43. The molecular formula is C28H26F2N4OS. The Hall–Kier alpha value is -3.39. The number of fused-ring (bicyclic) bond motifs is 1. The summed E-state index contributed by atoms with van der Waals surface area (Å²) in [5.41, 5.74) is 5.37. The van der Waals surface area contributed by atoms with E-state index in [9.17, 15) is 13.6 Å². The molecule has 3 aromatic rings. The molecule has 36 heavy (non-hydrogen) atoms. The Bertz CT molecular complexity index is 1320. The minimum absolute atomic E-state index is 0.00215. The topological polar surface area (TPSA) is 58.5 Å². The zero-order valence-electron chi connectivity index (χ0n) is 20.1. The van der Waals surface area contributed by atoms with Crippen LogP contribution < -0.4 is 0 Å². The minimum atomic E-state index is -0.321. The van der Waals surface area contributed by atoms with Crippen LogP contribution in [-0.2, 0) is 4.79 Å². The summed E-state index contributed by atoms with van der Waals surface area (Å²) in [6.45, 7) is 3.80. The molecule has 0 spiro atoms. The van der Waals surface area contributed by atoms with Crippen LogP contribution in [-0.4, -0.2) is 32.3 Å². The molecule has 1 amide bonds. The number of aromatic nitrogens is 2. The monoisotopic (exact) mass is 504 g/mol. The number of aryl methyl sites for hydroxylation is 2. The van der Waals surface area contributed by atoms with Gasteiger partial charge in [0.15, 0.2) is 5.16 Å². The molecule has 2 heterocycles. The number of hydrogen-bond acceptors (Lipinski definition) is 5. The molecule has 1 aliphatic heterocycles. The van der Waals surface area contributed by atoms with Crippen molar-refractivity contribution in [2.75, 3.05) is 5.75 Å². The fraction of sp³-hybridized carbons (Fsp3) is 0.286. The van der Waals surface area contributed by atoms with Crippen LogP contribution in [0.25, 0.3) is 6.08 Å². The first-order valence-corrected chi connectivity index (χ1v) is 12.9. The second-order valence-electron chi connectivity index (χ2n) is 9.16. The van der Waals surface area contributed by atoms with Crippen molar-refractivity contribution in [3.63, 3.8) is 0 Å². The van der Waals surface area contributed by atoms with Gasteiger partial charge in [0.1, 0.15) is 11.6 Å². The molecule has 1 aliphatic carbocycles. The van der Waals surface area contributed by atoms with Gasteiger partial charge < -0.3 is 0 Å². The number of benzene rings is 2. The van der Waals surface area contributed by atoms with Crippen LogP contribution in [0.4, 0.5) is 8.78 Å². The van der Waals surface area contributed by atoms with Crippen LogP contribution in [0.3, 0.4) is 0 Å². The van der Waals surface area contributed by atoms with Crippen LogP contribution in [0, 0.1) is 31.4 Å². The summed E-state index contributed by atoms with van der Waals surface area (Å²) in [5, 5.41) is 6.96. The van der Waals surface area contributed by atoms with E-state index in [0.717, 1.165) is 53.1 Å². The summed E-state index contributed by atoms with van der Waals surface area (Å²) < 4.78 is 27.1. The molecule has 5 rings (SSSR count). The van der Waals surface area contributed by atoms with Gasteiger partial charge in [-0.2, -0.15) is 5.10 Å². The lowest BCUT2D eigenvalue weighted by molar-refractivity contribution is -0.130. The predicted octanol–water partition coefficient (Wildman–Crippen LogP) is 6.29. The Morgan fingerprint density at radius 2 is 1.67 bits per heavy atom. The highest BCUT2D eigenvalue weighted by Crippen LogP contribution is 2.44. The first-order chi connectivity index (χ1) is 17.4. The SMILES string of the molecule is Cc1cc(C)nc(SCC(=O)N2N=C3/C(=C\c4ccc(F)cc4)CCC[C@@H]3[C@@H]2c2ccc(F)cc2)n1. The van der Waals surface area contributed by atoms with Crippen LogP contribution in [0.5, 0.6) is 0 Å². The van der Waals surface area contributed by atoms with Crippen molar-refractivity contribution in [3.05, 3.63) is 94.3 Å². The molecule has 8 heteroatoms. The van der Waals surface area contributed by atoms with Gasteiger partial charge in [0.05, 0.1) is 17.5 Å². The summed E-state index contributed by atoms with van der Waals surface area (Å²) >= 11 is 1.29. The standard InChI is InChI=1S/C28H26F2N4OS/c1-17-14-18(2)32-28(31-17)36-16-25(35)34-27(20-8-12-23(30)13-9-20)24-5-3-4-21(26(24)33-34)15-19-6-10-22(29)11-7-19/h6-15,24,27H,3-5,16H2,1-2H3/b21-15-/t24-,27-/m0/s1. The number of amides is 1. The highest BCUT2D eigenvalue weighted by atomic mass is 32.2. The van der Waals surface area contributed by atoms with E-state index in [0.29, 0.717) is 5.16 Å². The Balaban J connectivity index is 1.46. The molecule has 184 valence electrons. The number of halogens is 2. The van der Waals surface area contributed by atoms with E-state index in [-0.39, 0.29) is 35.3 Å². The zero-order valence-corrected chi connectivity index (χ0v) is 20.9. The number of nitrogens with zero attached hydrogens (tertiary/aromatic N) is 4. The average molecular weight is 505 g/mol. The van der Waals surface area contributed by atoms with Crippen LogP contribution in [0.15, 0.2) is 70.4 Å². The number of hydrogen-bond donors (Lipinski definition) is 0. The molecule has 1 aromatic heterocycles. The molecule has 0 N–H and O–H groups in total. The molecule has 1 saturated carbocycles. The largest absolute Gasteiger partial charge is 0.272 e. The predicted molar refractivity (Wildman–Crippen MR) is 137 cm³/mol. The molecular weight excluding hydrogens is 478 g/mol. The average Bonchev–Trinajstić information content (AvgIpc) is 3.25. The molecule has 0 radical (unpaired) electrons. The third-order valence-electron chi connectivity index (χ3n) is 6.47. The van der Waals surface area contributed by atoms with Gasteiger partial charge in [-0.15, -0.1) is 0 Å². The van der Waals surface area contributed by atoms with Gasteiger partial charge in [-0.25, -0.2) is 23.8 Å². The maximum Gasteiger partial charge on any atom is 0.253 e. The summed E-state index contributed by atoms with van der Waals surface area (Å²) in [4.78, 5) is 22.3. The fourth-order valence-corrected chi connectivity index (χ4v) is 5.71. The maximum absolute atomic E-state index is 13.7. The Morgan fingerprint density at radius 1 is 1.03 bits per heavy atom. The summed E-state index contributed by atoms with van der Waals surface area (Å²) in [6, 6.07) is 14.2. The van der Waals surface area contributed by atoms with E-state index in [1.54, 1.807) is 29.3 Å². The van der Waals surface area contributed by atoms with Crippen LogP contribution in [0.1, 0.15) is 47.8 Å². The number of thioether (sulfide) groups is 1. The van der Waals surface area contributed by atoms with E-state index in [4.69, 9.17) is 5.10 Å². The van der Waals surface area contributed by atoms with Crippen molar-refractivity contribution >= 4 is 29.5 Å². The van der Waals surface area contributed by atoms with Crippen LogP contribution >= 0.6 is 11.8 Å². The van der Waals surface area contributed by atoms with Gasteiger partial charge in [0.25, 0.3) is 5.91 Å². The van der Waals surface area contributed by atoms with Crippen molar-refractivity contribution in [1.82, 2.24) is 15.0 Å². The lowest BCUT2D eigenvalue weighted by Gasteiger charge is -2.29. The molecule has 2 aromatic carbocycles. The van der Waals surface area contributed by atoms with Gasteiger partial charge in [-0.3, -0.25) is 4.79 Å². The van der Waals surface area contributed by atoms with Crippen molar-refractivity contribution in [1.29, 1.82) is 0 Å². The number of rotatable bonds is 5. The molecule has 2 atom stereocenters. The minimum Gasteiger partial charge on any atom is -0.272 e. The molecule has 0 saturated heterocycles. The van der Waals surface area contributed by atoms with Gasteiger partial charge in [-0.05, 0) is 86.2 Å². The quantitative estimate of drug-likeness (QED) is 0.303.